The fourth-order valence-corrected chi connectivity index (χ4v) is 3.38. The summed E-state index contributed by atoms with van der Waals surface area (Å²) in [5.41, 5.74) is 3.11. The minimum absolute atomic E-state index is 0.130. The Balaban J connectivity index is 1.78. The van der Waals surface area contributed by atoms with Gasteiger partial charge in [-0.1, -0.05) is 25.1 Å². The Labute approximate surface area is 164 Å². The Morgan fingerprint density at radius 1 is 1.25 bits per heavy atom. The first-order valence-electron chi connectivity index (χ1n) is 9.41. The Kier molecular flexibility index (Phi) is 5.92. The lowest BCUT2D eigenvalue weighted by Gasteiger charge is -2.24. The van der Waals surface area contributed by atoms with E-state index in [1.54, 1.807) is 14.1 Å². The van der Waals surface area contributed by atoms with Crippen molar-refractivity contribution in [1.82, 2.24) is 15.2 Å². The number of pyridine rings is 1. The van der Waals surface area contributed by atoms with Crippen LogP contribution in [0.2, 0.25) is 0 Å². The van der Waals surface area contributed by atoms with Crippen LogP contribution in [0, 0.1) is 5.92 Å². The van der Waals surface area contributed by atoms with Gasteiger partial charge >= 0.3 is 5.97 Å². The standard InChI is InChI=1S/C21H25N3O4/c1-13-8-9-17-15(10-13)20(14-6-4-5-7-16(14)23-17)21(27)28-12-18(25)22-11-19(26)24(2)3/h4-7,13H,8-12H2,1-3H3,(H,22,25)/t13-/m0/s1. The van der Waals surface area contributed by atoms with Crippen LogP contribution in [0.15, 0.2) is 24.3 Å². The third-order valence-electron chi connectivity index (χ3n) is 4.98. The van der Waals surface area contributed by atoms with Gasteiger partial charge in [0, 0.05) is 25.2 Å². The Morgan fingerprint density at radius 2 is 2.00 bits per heavy atom. The lowest BCUT2D eigenvalue weighted by atomic mass is 9.84. The first-order valence-corrected chi connectivity index (χ1v) is 9.41. The topological polar surface area (TPSA) is 88.6 Å². The van der Waals surface area contributed by atoms with E-state index in [0.717, 1.165) is 41.4 Å². The van der Waals surface area contributed by atoms with E-state index in [1.807, 2.05) is 24.3 Å². The summed E-state index contributed by atoms with van der Waals surface area (Å²) < 4.78 is 5.29. The summed E-state index contributed by atoms with van der Waals surface area (Å²) in [5, 5.41) is 3.20. The molecule has 0 saturated carbocycles. The van der Waals surface area contributed by atoms with Crippen molar-refractivity contribution < 1.29 is 19.1 Å². The van der Waals surface area contributed by atoms with E-state index in [4.69, 9.17) is 9.72 Å². The minimum Gasteiger partial charge on any atom is -0.452 e. The van der Waals surface area contributed by atoms with Gasteiger partial charge in [-0.15, -0.1) is 0 Å². The molecule has 2 aromatic rings. The van der Waals surface area contributed by atoms with Crippen LogP contribution in [0.25, 0.3) is 10.9 Å². The van der Waals surface area contributed by atoms with E-state index in [-0.39, 0.29) is 12.5 Å². The van der Waals surface area contributed by atoms with Crippen molar-refractivity contribution in [2.24, 2.45) is 5.92 Å². The smallest absolute Gasteiger partial charge is 0.339 e. The number of ether oxygens (including phenoxy) is 1. The van der Waals surface area contributed by atoms with Crippen LogP contribution in [0.3, 0.4) is 0 Å². The fraction of sp³-hybridized carbons (Fsp3) is 0.429. The number of amides is 2. The number of likely N-dealkylation sites (N-methyl/N-ethyl adjacent to an activating group) is 1. The molecule has 1 aromatic heterocycles. The number of carbonyl (C=O) groups excluding carboxylic acids is 3. The maximum absolute atomic E-state index is 12.9. The van der Waals surface area contributed by atoms with Gasteiger partial charge in [0.15, 0.2) is 6.61 Å². The second-order valence-corrected chi connectivity index (χ2v) is 7.42. The number of aryl methyl sites for hydroxylation is 1. The Morgan fingerprint density at radius 3 is 2.75 bits per heavy atom. The number of para-hydroxylation sites is 1. The van der Waals surface area contributed by atoms with Crippen LogP contribution in [0.1, 0.15) is 35.0 Å². The highest BCUT2D eigenvalue weighted by Crippen LogP contribution is 2.31. The van der Waals surface area contributed by atoms with Gasteiger partial charge in [0.25, 0.3) is 5.91 Å². The summed E-state index contributed by atoms with van der Waals surface area (Å²) in [6.45, 7) is 1.59. The fourth-order valence-electron chi connectivity index (χ4n) is 3.38. The molecule has 1 aromatic carbocycles. The van der Waals surface area contributed by atoms with E-state index in [1.165, 1.54) is 4.90 Å². The molecular formula is C21H25N3O4. The lowest BCUT2D eigenvalue weighted by Crippen LogP contribution is -2.38. The van der Waals surface area contributed by atoms with E-state index in [2.05, 4.69) is 12.2 Å². The molecule has 0 saturated heterocycles. The molecule has 0 radical (unpaired) electrons. The number of esters is 1. The number of hydrogen-bond acceptors (Lipinski definition) is 5. The van der Waals surface area contributed by atoms with Gasteiger partial charge in [-0.3, -0.25) is 14.6 Å². The molecule has 0 aliphatic heterocycles. The number of nitrogens with one attached hydrogen (secondary N) is 1. The first kappa shape index (κ1) is 19.8. The average molecular weight is 383 g/mol. The molecule has 1 atom stereocenters. The zero-order valence-electron chi connectivity index (χ0n) is 16.4. The monoisotopic (exact) mass is 383 g/mol. The second-order valence-electron chi connectivity index (χ2n) is 7.42. The molecule has 3 rings (SSSR count). The normalized spacial score (nSPS) is 15.6. The number of carbonyl (C=O) groups is 3. The molecule has 0 unspecified atom stereocenters. The summed E-state index contributed by atoms with van der Waals surface area (Å²) in [7, 11) is 3.21. The summed E-state index contributed by atoms with van der Waals surface area (Å²) in [4.78, 5) is 42.5. The maximum Gasteiger partial charge on any atom is 0.339 e. The van der Waals surface area contributed by atoms with Crippen molar-refractivity contribution in [3.63, 3.8) is 0 Å². The van der Waals surface area contributed by atoms with E-state index in [0.29, 0.717) is 11.5 Å². The number of benzene rings is 1. The maximum atomic E-state index is 12.9. The highest BCUT2D eigenvalue weighted by atomic mass is 16.5. The van der Waals surface area contributed by atoms with Crippen LogP contribution in [-0.2, 0) is 27.2 Å². The summed E-state index contributed by atoms with van der Waals surface area (Å²) in [5.74, 6) is -0.813. The van der Waals surface area contributed by atoms with Crippen molar-refractivity contribution in [3.05, 3.63) is 41.1 Å². The number of aromatic nitrogens is 1. The van der Waals surface area contributed by atoms with Gasteiger partial charge in [-0.05, 0) is 36.8 Å². The van der Waals surface area contributed by atoms with Gasteiger partial charge in [0.1, 0.15) is 0 Å². The lowest BCUT2D eigenvalue weighted by molar-refractivity contribution is -0.131. The number of hydrogen-bond donors (Lipinski definition) is 1. The Bertz CT molecular complexity index is 923. The molecule has 0 fully saturated rings. The highest BCUT2D eigenvalue weighted by molar-refractivity contribution is 6.05. The summed E-state index contributed by atoms with van der Waals surface area (Å²) >= 11 is 0. The van der Waals surface area contributed by atoms with Crippen molar-refractivity contribution in [1.29, 1.82) is 0 Å². The van der Waals surface area contributed by atoms with Gasteiger partial charge < -0.3 is 15.0 Å². The van der Waals surface area contributed by atoms with Crippen LogP contribution < -0.4 is 5.32 Å². The van der Waals surface area contributed by atoms with E-state index < -0.39 is 18.5 Å². The Hall–Kier alpha value is -2.96. The van der Waals surface area contributed by atoms with Crippen molar-refractivity contribution >= 4 is 28.7 Å². The molecular weight excluding hydrogens is 358 g/mol. The van der Waals surface area contributed by atoms with Gasteiger partial charge in [0.05, 0.1) is 17.6 Å². The summed E-state index contributed by atoms with van der Waals surface area (Å²) in [6.07, 6.45) is 2.63. The SMILES string of the molecule is C[C@H]1CCc2nc3ccccc3c(C(=O)OCC(=O)NCC(=O)N(C)C)c2C1. The molecule has 0 bridgehead atoms. The molecule has 1 aliphatic carbocycles. The first-order chi connectivity index (χ1) is 13.4. The van der Waals surface area contributed by atoms with Crippen LogP contribution >= 0.6 is 0 Å². The van der Waals surface area contributed by atoms with Crippen LogP contribution in [0.5, 0.6) is 0 Å². The summed E-state index contributed by atoms with van der Waals surface area (Å²) in [6, 6.07) is 7.48. The van der Waals surface area contributed by atoms with Crippen molar-refractivity contribution in [2.45, 2.75) is 26.2 Å². The quantitative estimate of drug-likeness (QED) is 0.795. The third kappa shape index (κ3) is 4.30. The van der Waals surface area contributed by atoms with Crippen molar-refractivity contribution in [2.75, 3.05) is 27.2 Å². The van der Waals surface area contributed by atoms with Crippen molar-refractivity contribution in [3.8, 4) is 0 Å². The largest absolute Gasteiger partial charge is 0.452 e. The molecule has 1 N–H and O–H groups in total. The van der Waals surface area contributed by atoms with E-state index >= 15 is 0 Å². The highest BCUT2D eigenvalue weighted by Gasteiger charge is 2.26. The third-order valence-corrected chi connectivity index (χ3v) is 4.98. The van der Waals surface area contributed by atoms with Gasteiger partial charge in [-0.25, -0.2) is 4.79 Å². The average Bonchev–Trinajstić information content (AvgIpc) is 2.68. The number of rotatable bonds is 5. The molecule has 1 aliphatic rings. The molecule has 7 heteroatoms. The second kappa shape index (κ2) is 8.37. The molecule has 28 heavy (non-hydrogen) atoms. The zero-order chi connectivity index (χ0) is 20.3. The minimum atomic E-state index is -0.530. The number of nitrogens with zero attached hydrogens (tertiary/aromatic N) is 2. The zero-order valence-corrected chi connectivity index (χ0v) is 16.4. The number of fused-ring (bicyclic) bond motifs is 2. The van der Waals surface area contributed by atoms with E-state index in [9.17, 15) is 14.4 Å². The predicted octanol–water partition coefficient (Wildman–Crippen LogP) is 1.72. The van der Waals surface area contributed by atoms with Crippen LogP contribution in [-0.4, -0.2) is 54.9 Å². The molecule has 0 spiro atoms. The molecule has 2 amide bonds. The predicted molar refractivity (Wildman–Crippen MR) is 105 cm³/mol. The molecule has 7 nitrogen and oxygen atoms in total. The molecule has 148 valence electrons. The molecule has 1 heterocycles. The van der Waals surface area contributed by atoms with Gasteiger partial charge in [-0.2, -0.15) is 0 Å². The van der Waals surface area contributed by atoms with Crippen LogP contribution in [0.4, 0.5) is 0 Å². The van der Waals surface area contributed by atoms with Gasteiger partial charge in [0.2, 0.25) is 5.91 Å².